The van der Waals surface area contributed by atoms with E-state index in [4.69, 9.17) is 4.74 Å². The molecule has 1 atom stereocenters. The van der Waals surface area contributed by atoms with Crippen LogP contribution in [0.3, 0.4) is 0 Å². The average molecular weight is 350 g/mol. The molecule has 3 heterocycles. The van der Waals surface area contributed by atoms with Crippen molar-refractivity contribution in [1.82, 2.24) is 19.7 Å². The van der Waals surface area contributed by atoms with Crippen LogP contribution in [0.1, 0.15) is 60.2 Å². The molecule has 1 saturated carbocycles. The molecule has 6 nitrogen and oxygen atoms in total. The highest BCUT2D eigenvalue weighted by atomic mass is 16.5. The minimum Gasteiger partial charge on any atom is -0.370 e. The quantitative estimate of drug-likeness (QED) is 0.785. The molecule has 1 saturated heterocycles. The van der Waals surface area contributed by atoms with Gasteiger partial charge in [-0.2, -0.15) is 0 Å². The van der Waals surface area contributed by atoms with Crippen molar-refractivity contribution < 1.29 is 4.74 Å². The smallest absolute Gasteiger partial charge is 0.262 e. The molecule has 0 spiro atoms. The van der Waals surface area contributed by atoms with Crippen LogP contribution in [0, 0.1) is 13.8 Å². The van der Waals surface area contributed by atoms with Gasteiger partial charge in [-0.05, 0) is 62.1 Å². The average Bonchev–Trinajstić information content (AvgIpc) is 3.14. The molecule has 0 radical (unpaired) electrons. The Balaban J connectivity index is 1.61. The molecule has 0 unspecified atom stereocenters. The number of hydrogen-bond donors (Lipinski definition) is 1. The molecule has 134 valence electrons. The number of rotatable bonds is 3. The van der Waals surface area contributed by atoms with Crippen LogP contribution in [-0.4, -0.2) is 26.4 Å². The number of ether oxygens (including phenoxy) is 1. The number of aromatic nitrogens is 4. The third-order valence-electron chi connectivity index (χ3n) is 5.43. The molecule has 1 N–H and O–H groups in total. The van der Waals surface area contributed by atoms with Gasteiger partial charge in [0.15, 0.2) is 5.65 Å². The zero-order valence-corrected chi connectivity index (χ0v) is 15.1. The van der Waals surface area contributed by atoms with Gasteiger partial charge in [0, 0.05) is 12.8 Å². The summed E-state index contributed by atoms with van der Waals surface area (Å²) in [5, 5.41) is 5.13. The van der Waals surface area contributed by atoms with Crippen LogP contribution in [0.4, 0.5) is 0 Å². The van der Waals surface area contributed by atoms with Crippen LogP contribution >= 0.6 is 0 Å². The maximum Gasteiger partial charge on any atom is 0.262 e. The lowest BCUT2D eigenvalue weighted by atomic mass is 10.0. The number of hydrogen-bond acceptors (Lipinski definition) is 4. The highest BCUT2D eigenvalue weighted by molar-refractivity contribution is 5.73. The predicted octanol–water partition coefficient (Wildman–Crippen LogP) is 3.45. The van der Waals surface area contributed by atoms with Crippen molar-refractivity contribution >= 4 is 11.0 Å². The van der Waals surface area contributed by atoms with E-state index in [0.717, 1.165) is 24.4 Å². The fourth-order valence-corrected chi connectivity index (χ4v) is 4.00. The summed E-state index contributed by atoms with van der Waals surface area (Å²) in [7, 11) is 0. The maximum atomic E-state index is 12.5. The van der Waals surface area contributed by atoms with Crippen molar-refractivity contribution in [2.75, 3.05) is 6.61 Å². The lowest BCUT2D eigenvalue weighted by Crippen LogP contribution is -2.13. The van der Waals surface area contributed by atoms with E-state index in [1.165, 1.54) is 29.5 Å². The highest BCUT2D eigenvalue weighted by Crippen LogP contribution is 2.41. The van der Waals surface area contributed by atoms with Crippen LogP contribution in [0.2, 0.25) is 0 Å². The first-order valence-corrected chi connectivity index (χ1v) is 9.33. The van der Waals surface area contributed by atoms with Gasteiger partial charge in [-0.15, -0.1) is 5.10 Å². The lowest BCUT2D eigenvalue weighted by Gasteiger charge is -2.12. The minimum atomic E-state index is -0.156. The van der Waals surface area contributed by atoms with Gasteiger partial charge >= 0.3 is 0 Å². The Kier molecular flexibility index (Phi) is 3.50. The summed E-state index contributed by atoms with van der Waals surface area (Å²) in [4.78, 5) is 20.0. The highest BCUT2D eigenvalue weighted by Gasteiger charge is 2.25. The zero-order valence-electron chi connectivity index (χ0n) is 15.1. The van der Waals surface area contributed by atoms with Crippen molar-refractivity contribution in [1.29, 1.82) is 0 Å². The first-order valence-electron chi connectivity index (χ1n) is 9.33. The van der Waals surface area contributed by atoms with Gasteiger partial charge in [-0.25, -0.2) is 9.67 Å². The fourth-order valence-electron chi connectivity index (χ4n) is 4.00. The van der Waals surface area contributed by atoms with Crippen molar-refractivity contribution in [2.45, 2.75) is 51.6 Å². The Labute approximate surface area is 151 Å². The monoisotopic (exact) mass is 350 g/mol. The molecule has 2 aliphatic rings. The minimum absolute atomic E-state index is 0.126. The van der Waals surface area contributed by atoms with E-state index in [9.17, 15) is 4.79 Å². The third-order valence-corrected chi connectivity index (χ3v) is 5.43. The molecule has 1 aromatic carbocycles. The standard InChI is InChI=1S/C20H22N4O2/c1-11-8-14(13-5-6-13)9-12(2)17(11)24-10-15-18(23-24)21-19(22-20(15)25)16-4-3-7-26-16/h8-10,13,16H,3-7H2,1-2H3,(H,21,22,23,25)/t16-/m0/s1. The molecule has 6 heteroatoms. The number of aryl methyl sites for hydroxylation is 2. The van der Waals surface area contributed by atoms with Crippen LogP contribution in [0.25, 0.3) is 16.7 Å². The molecule has 2 aromatic heterocycles. The molecule has 26 heavy (non-hydrogen) atoms. The third kappa shape index (κ3) is 2.56. The number of nitrogens with zero attached hydrogens (tertiary/aromatic N) is 3. The molecule has 3 aromatic rings. The van der Waals surface area contributed by atoms with Gasteiger partial charge in [-0.3, -0.25) is 4.79 Å². The lowest BCUT2D eigenvalue weighted by molar-refractivity contribution is 0.105. The summed E-state index contributed by atoms with van der Waals surface area (Å²) in [5.41, 5.74) is 5.12. The molecule has 0 amide bonds. The summed E-state index contributed by atoms with van der Waals surface area (Å²) >= 11 is 0. The topological polar surface area (TPSA) is 72.8 Å². The first-order chi connectivity index (χ1) is 12.6. The number of fused-ring (bicyclic) bond motifs is 1. The number of benzene rings is 1. The first kappa shape index (κ1) is 15.8. The maximum absolute atomic E-state index is 12.5. The Morgan fingerprint density at radius 1 is 1.19 bits per heavy atom. The van der Waals surface area contributed by atoms with Crippen LogP contribution in [-0.2, 0) is 4.74 Å². The van der Waals surface area contributed by atoms with Crippen molar-refractivity contribution in [3.05, 3.63) is 51.2 Å². The normalized spacial score (nSPS) is 20.2. The Hall–Kier alpha value is -2.47. The second-order valence-corrected chi connectivity index (χ2v) is 7.54. The number of H-pyrrole nitrogens is 1. The van der Waals surface area contributed by atoms with Crippen molar-refractivity contribution in [2.24, 2.45) is 0 Å². The second kappa shape index (κ2) is 5.77. The Bertz CT molecular complexity index is 1030. The van der Waals surface area contributed by atoms with Crippen molar-refractivity contribution in [3.63, 3.8) is 0 Å². The Morgan fingerprint density at radius 3 is 2.62 bits per heavy atom. The molecule has 1 aliphatic carbocycles. The van der Waals surface area contributed by atoms with Crippen LogP contribution < -0.4 is 5.56 Å². The van der Waals surface area contributed by atoms with E-state index in [-0.39, 0.29) is 11.7 Å². The van der Waals surface area contributed by atoms with E-state index in [1.807, 2.05) is 0 Å². The summed E-state index contributed by atoms with van der Waals surface area (Å²) < 4.78 is 7.45. The van der Waals surface area contributed by atoms with Crippen molar-refractivity contribution in [3.8, 4) is 5.69 Å². The van der Waals surface area contributed by atoms with Gasteiger partial charge in [0.2, 0.25) is 0 Å². The van der Waals surface area contributed by atoms with Crippen LogP contribution in [0.5, 0.6) is 0 Å². The SMILES string of the molecule is Cc1cc(C2CC2)cc(C)c1-n1cc2c(=O)[nH]c([C@@H]3CCCO3)nc2n1. The number of aromatic amines is 1. The zero-order chi connectivity index (χ0) is 17.8. The molecule has 1 aliphatic heterocycles. The van der Waals surface area contributed by atoms with E-state index in [2.05, 4.69) is 41.0 Å². The molecular formula is C20H22N4O2. The second-order valence-electron chi connectivity index (χ2n) is 7.54. The van der Waals surface area contributed by atoms with E-state index in [0.29, 0.717) is 23.5 Å². The molecule has 5 rings (SSSR count). The van der Waals surface area contributed by atoms with Gasteiger partial charge in [0.1, 0.15) is 17.3 Å². The molecule has 2 fully saturated rings. The van der Waals surface area contributed by atoms with Gasteiger partial charge in [0.25, 0.3) is 5.56 Å². The van der Waals surface area contributed by atoms with Gasteiger partial charge in [0.05, 0.1) is 5.69 Å². The summed E-state index contributed by atoms with van der Waals surface area (Å²) in [5.74, 6) is 1.30. The van der Waals surface area contributed by atoms with E-state index < -0.39 is 0 Å². The molecular weight excluding hydrogens is 328 g/mol. The summed E-state index contributed by atoms with van der Waals surface area (Å²) in [6, 6.07) is 4.50. The van der Waals surface area contributed by atoms with Gasteiger partial charge < -0.3 is 9.72 Å². The molecule has 0 bridgehead atoms. The number of nitrogens with one attached hydrogen (secondary N) is 1. The summed E-state index contributed by atoms with van der Waals surface area (Å²) in [6.45, 7) is 4.93. The fraction of sp³-hybridized carbons (Fsp3) is 0.450. The Morgan fingerprint density at radius 2 is 1.96 bits per heavy atom. The summed E-state index contributed by atoms with van der Waals surface area (Å²) in [6.07, 6.45) is 6.11. The van der Waals surface area contributed by atoms with E-state index >= 15 is 0 Å². The predicted molar refractivity (Wildman–Crippen MR) is 98.9 cm³/mol. The van der Waals surface area contributed by atoms with E-state index in [1.54, 1.807) is 10.9 Å². The largest absolute Gasteiger partial charge is 0.370 e. The van der Waals surface area contributed by atoms with Crippen LogP contribution in [0.15, 0.2) is 23.1 Å². The van der Waals surface area contributed by atoms with Gasteiger partial charge in [-0.1, -0.05) is 12.1 Å².